The van der Waals surface area contributed by atoms with Gasteiger partial charge in [-0.1, -0.05) is 0 Å². The number of aromatic amines is 1. The van der Waals surface area contributed by atoms with Crippen LogP contribution in [0.2, 0.25) is 0 Å². The smallest absolute Gasteiger partial charge is 0.257 e. The summed E-state index contributed by atoms with van der Waals surface area (Å²) in [7, 11) is 0. The van der Waals surface area contributed by atoms with E-state index in [1.807, 2.05) is 4.57 Å². The molecular formula is C11H12N4O2. The zero-order valence-electron chi connectivity index (χ0n) is 9.34. The molecule has 2 N–H and O–H groups in total. The van der Waals surface area contributed by atoms with Crippen molar-refractivity contribution < 1.29 is 5.11 Å². The van der Waals surface area contributed by atoms with E-state index in [0.29, 0.717) is 11.9 Å². The molecule has 2 aromatic rings. The van der Waals surface area contributed by atoms with Crippen molar-refractivity contribution in [1.29, 1.82) is 0 Å². The summed E-state index contributed by atoms with van der Waals surface area (Å²) in [6, 6.07) is 0.446. The average molecular weight is 232 g/mol. The highest BCUT2D eigenvalue weighted by molar-refractivity contribution is 5.50. The number of imidazole rings is 1. The first kappa shape index (κ1) is 10.1. The molecule has 0 aromatic carbocycles. The molecule has 88 valence electrons. The zero-order chi connectivity index (χ0) is 12.0. The Bertz CT molecular complexity index is 625. The number of hydrogen-bond acceptors (Lipinski definition) is 4. The molecule has 0 amide bonds. The second-order valence-corrected chi connectivity index (χ2v) is 4.28. The lowest BCUT2D eigenvalue weighted by molar-refractivity contribution is 0.447. The van der Waals surface area contributed by atoms with Crippen molar-refractivity contribution in [3.8, 4) is 17.4 Å². The summed E-state index contributed by atoms with van der Waals surface area (Å²) < 4.78 is 1.98. The first-order valence-electron chi connectivity index (χ1n) is 5.49. The molecule has 1 fully saturated rings. The second kappa shape index (κ2) is 3.44. The van der Waals surface area contributed by atoms with Gasteiger partial charge in [0.2, 0.25) is 5.88 Å². The predicted octanol–water partition coefficient (Wildman–Crippen LogP) is 0.982. The molecule has 0 atom stereocenters. The lowest BCUT2D eigenvalue weighted by Gasteiger charge is -2.06. The van der Waals surface area contributed by atoms with E-state index in [0.717, 1.165) is 18.5 Å². The first-order chi connectivity index (χ1) is 8.16. The van der Waals surface area contributed by atoms with Gasteiger partial charge in [-0.25, -0.2) is 4.98 Å². The molecule has 0 radical (unpaired) electrons. The summed E-state index contributed by atoms with van der Waals surface area (Å²) in [5.74, 6) is 0.134. The van der Waals surface area contributed by atoms with E-state index >= 15 is 0 Å². The minimum absolute atomic E-state index is 0.228. The summed E-state index contributed by atoms with van der Waals surface area (Å²) in [6.45, 7) is 1.53. The van der Waals surface area contributed by atoms with Crippen molar-refractivity contribution >= 4 is 0 Å². The van der Waals surface area contributed by atoms with Crippen LogP contribution in [0.25, 0.3) is 11.5 Å². The number of rotatable bonds is 2. The Morgan fingerprint density at radius 2 is 2.29 bits per heavy atom. The molecule has 6 heteroatoms. The largest absolute Gasteiger partial charge is 0.493 e. The van der Waals surface area contributed by atoms with Crippen LogP contribution in [-0.4, -0.2) is 24.6 Å². The summed E-state index contributed by atoms with van der Waals surface area (Å²) in [5, 5.41) is 9.56. The summed E-state index contributed by atoms with van der Waals surface area (Å²) in [4.78, 5) is 22.3. The van der Waals surface area contributed by atoms with Gasteiger partial charge in [0.1, 0.15) is 5.69 Å². The van der Waals surface area contributed by atoms with Gasteiger partial charge in [-0.3, -0.25) is 4.79 Å². The molecule has 1 aliphatic rings. The fourth-order valence-corrected chi connectivity index (χ4v) is 1.77. The quantitative estimate of drug-likeness (QED) is 0.808. The molecule has 17 heavy (non-hydrogen) atoms. The average Bonchev–Trinajstić information content (AvgIpc) is 3.03. The zero-order valence-corrected chi connectivity index (χ0v) is 9.34. The van der Waals surface area contributed by atoms with E-state index < -0.39 is 0 Å². The normalized spacial score (nSPS) is 15.1. The van der Waals surface area contributed by atoms with Gasteiger partial charge in [0.15, 0.2) is 5.82 Å². The number of nitrogens with zero attached hydrogens (tertiary/aromatic N) is 3. The molecule has 0 aliphatic heterocycles. The van der Waals surface area contributed by atoms with Crippen molar-refractivity contribution in [3.63, 3.8) is 0 Å². The number of hydrogen-bond donors (Lipinski definition) is 2. The first-order valence-corrected chi connectivity index (χ1v) is 5.49. The monoisotopic (exact) mass is 232 g/mol. The Morgan fingerprint density at radius 3 is 2.94 bits per heavy atom. The third kappa shape index (κ3) is 1.61. The highest BCUT2D eigenvalue weighted by Crippen LogP contribution is 2.37. The van der Waals surface area contributed by atoms with E-state index in [4.69, 9.17) is 0 Å². The van der Waals surface area contributed by atoms with E-state index in [-0.39, 0.29) is 17.0 Å². The number of nitrogens with one attached hydrogen (secondary N) is 1. The fraction of sp³-hybridized carbons (Fsp3) is 0.364. The molecule has 3 rings (SSSR count). The van der Waals surface area contributed by atoms with Gasteiger partial charge >= 0.3 is 0 Å². The van der Waals surface area contributed by atoms with E-state index in [1.54, 1.807) is 12.5 Å². The lowest BCUT2D eigenvalue weighted by Crippen LogP contribution is -2.13. The number of H-pyrrole nitrogens is 1. The maximum absolute atomic E-state index is 11.6. The second-order valence-electron chi connectivity index (χ2n) is 4.28. The number of aromatic hydroxyl groups is 1. The standard InChI is InChI=1S/C11H12N4O2/c1-6-10(16)13-9(14-11(6)17)8-4-12-5-15(8)7-2-3-7/h4-5,7H,2-3H2,1H3,(H2,13,14,16,17). The molecule has 6 nitrogen and oxygen atoms in total. The molecule has 0 saturated heterocycles. The van der Waals surface area contributed by atoms with Crippen LogP contribution in [0.3, 0.4) is 0 Å². The van der Waals surface area contributed by atoms with Crippen molar-refractivity contribution in [2.75, 3.05) is 0 Å². The van der Waals surface area contributed by atoms with E-state index in [1.165, 1.54) is 6.92 Å². The summed E-state index contributed by atoms with van der Waals surface area (Å²) in [5.41, 5.74) is 0.641. The highest BCUT2D eigenvalue weighted by Gasteiger charge is 2.26. The SMILES string of the molecule is Cc1c(O)nc(-c2cncn2C2CC2)[nH]c1=O. The van der Waals surface area contributed by atoms with Crippen molar-refractivity contribution in [1.82, 2.24) is 19.5 Å². The highest BCUT2D eigenvalue weighted by atomic mass is 16.3. The molecule has 0 bridgehead atoms. The Balaban J connectivity index is 2.15. The molecule has 2 heterocycles. The summed E-state index contributed by atoms with van der Waals surface area (Å²) >= 11 is 0. The molecule has 2 aromatic heterocycles. The van der Waals surface area contributed by atoms with Gasteiger partial charge < -0.3 is 14.7 Å². The van der Waals surface area contributed by atoms with Crippen molar-refractivity contribution in [2.24, 2.45) is 0 Å². The Hall–Kier alpha value is -2.11. The minimum atomic E-state index is -0.323. The van der Waals surface area contributed by atoms with Crippen LogP contribution in [0.5, 0.6) is 5.88 Å². The maximum atomic E-state index is 11.6. The van der Waals surface area contributed by atoms with Gasteiger partial charge in [0.05, 0.1) is 18.1 Å². The minimum Gasteiger partial charge on any atom is -0.493 e. The van der Waals surface area contributed by atoms with Gasteiger partial charge in [-0.15, -0.1) is 0 Å². The molecule has 0 unspecified atom stereocenters. The van der Waals surface area contributed by atoms with Crippen LogP contribution in [-0.2, 0) is 0 Å². The fourth-order valence-electron chi connectivity index (χ4n) is 1.77. The Kier molecular flexibility index (Phi) is 2.04. The molecule has 1 aliphatic carbocycles. The van der Waals surface area contributed by atoms with Crippen LogP contribution in [0.4, 0.5) is 0 Å². The van der Waals surface area contributed by atoms with Gasteiger partial charge in [-0.2, -0.15) is 4.98 Å². The van der Waals surface area contributed by atoms with Gasteiger partial charge in [0.25, 0.3) is 5.56 Å². The van der Waals surface area contributed by atoms with E-state index in [9.17, 15) is 9.90 Å². The van der Waals surface area contributed by atoms with Crippen LogP contribution in [0.1, 0.15) is 24.4 Å². The summed E-state index contributed by atoms with van der Waals surface area (Å²) in [6.07, 6.45) is 5.60. The maximum Gasteiger partial charge on any atom is 0.257 e. The lowest BCUT2D eigenvalue weighted by atomic mass is 10.3. The molecular weight excluding hydrogens is 220 g/mol. The number of aromatic nitrogens is 4. The third-order valence-electron chi connectivity index (χ3n) is 2.97. The van der Waals surface area contributed by atoms with Crippen LogP contribution < -0.4 is 5.56 Å². The van der Waals surface area contributed by atoms with Crippen LogP contribution in [0, 0.1) is 6.92 Å². The van der Waals surface area contributed by atoms with Crippen LogP contribution >= 0.6 is 0 Å². The third-order valence-corrected chi connectivity index (χ3v) is 2.97. The Morgan fingerprint density at radius 1 is 1.53 bits per heavy atom. The predicted molar refractivity (Wildman–Crippen MR) is 60.8 cm³/mol. The topological polar surface area (TPSA) is 83.8 Å². The Labute approximate surface area is 97.0 Å². The molecule has 0 spiro atoms. The van der Waals surface area contributed by atoms with Crippen LogP contribution in [0.15, 0.2) is 17.3 Å². The van der Waals surface area contributed by atoms with Crippen molar-refractivity contribution in [2.45, 2.75) is 25.8 Å². The molecule has 1 saturated carbocycles. The van der Waals surface area contributed by atoms with Crippen molar-refractivity contribution in [3.05, 3.63) is 28.4 Å². The van der Waals surface area contributed by atoms with Gasteiger partial charge in [0, 0.05) is 6.04 Å². The van der Waals surface area contributed by atoms with E-state index in [2.05, 4.69) is 15.0 Å². The van der Waals surface area contributed by atoms with Gasteiger partial charge in [-0.05, 0) is 19.8 Å².